The molecule has 0 bridgehead atoms. The first-order valence-electron chi connectivity index (χ1n) is 6.75. The van der Waals surface area contributed by atoms with Crippen LogP contribution in [0.2, 0.25) is 0 Å². The molecule has 2 rings (SSSR count). The van der Waals surface area contributed by atoms with Crippen molar-refractivity contribution in [1.29, 1.82) is 0 Å². The highest BCUT2D eigenvalue weighted by Gasteiger charge is 2.32. The van der Waals surface area contributed by atoms with Crippen LogP contribution in [-0.2, 0) is 14.8 Å². The second-order valence-electron chi connectivity index (χ2n) is 5.13. The third-order valence-corrected chi connectivity index (χ3v) is 5.10. The van der Waals surface area contributed by atoms with E-state index < -0.39 is 32.8 Å². The number of sulfonamides is 1. The SMILES string of the molecule is O=C(O)C1CCCCC1CNS(=O)(=O)c1ncccc1F. The van der Waals surface area contributed by atoms with Gasteiger partial charge in [0.2, 0.25) is 5.03 Å². The van der Waals surface area contributed by atoms with Gasteiger partial charge in [-0.25, -0.2) is 22.5 Å². The Kier molecular flexibility index (Phi) is 4.89. The molecule has 0 spiro atoms. The second kappa shape index (κ2) is 6.48. The molecule has 1 aliphatic rings. The summed E-state index contributed by atoms with van der Waals surface area (Å²) >= 11 is 0. The average Bonchev–Trinajstić information content (AvgIpc) is 2.45. The van der Waals surface area contributed by atoms with Crippen LogP contribution >= 0.6 is 0 Å². The number of nitrogens with one attached hydrogen (secondary N) is 1. The standard InChI is InChI=1S/C13H17FN2O4S/c14-11-6-3-7-15-12(11)21(19,20)16-8-9-4-1-2-5-10(9)13(17)18/h3,6-7,9-10,16H,1-2,4-5,8H2,(H,17,18). The Morgan fingerprint density at radius 1 is 1.43 bits per heavy atom. The van der Waals surface area contributed by atoms with Gasteiger partial charge in [-0.2, -0.15) is 0 Å². The van der Waals surface area contributed by atoms with Crippen LogP contribution < -0.4 is 4.72 Å². The van der Waals surface area contributed by atoms with Crippen molar-refractivity contribution in [3.8, 4) is 0 Å². The van der Waals surface area contributed by atoms with Crippen molar-refractivity contribution < 1.29 is 22.7 Å². The summed E-state index contributed by atoms with van der Waals surface area (Å²) in [7, 11) is -4.07. The van der Waals surface area contributed by atoms with E-state index in [9.17, 15) is 17.6 Å². The fraction of sp³-hybridized carbons (Fsp3) is 0.538. The first-order chi connectivity index (χ1) is 9.92. The van der Waals surface area contributed by atoms with Gasteiger partial charge in [0.05, 0.1) is 5.92 Å². The number of aromatic nitrogens is 1. The first kappa shape index (κ1) is 15.8. The number of halogens is 1. The lowest BCUT2D eigenvalue weighted by Gasteiger charge is -2.28. The van der Waals surface area contributed by atoms with Crippen molar-refractivity contribution >= 4 is 16.0 Å². The summed E-state index contributed by atoms with van der Waals surface area (Å²) < 4.78 is 39.8. The van der Waals surface area contributed by atoms with Gasteiger partial charge in [0.25, 0.3) is 10.0 Å². The van der Waals surface area contributed by atoms with E-state index in [2.05, 4.69) is 9.71 Å². The van der Waals surface area contributed by atoms with E-state index in [1.165, 1.54) is 12.3 Å². The maximum Gasteiger partial charge on any atom is 0.306 e. The molecule has 0 saturated heterocycles. The lowest BCUT2D eigenvalue weighted by Crippen LogP contribution is -2.37. The highest BCUT2D eigenvalue weighted by Crippen LogP contribution is 2.30. The Morgan fingerprint density at radius 2 is 2.14 bits per heavy atom. The van der Waals surface area contributed by atoms with E-state index in [-0.39, 0.29) is 12.5 Å². The molecule has 0 amide bonds. The molecule has 6 nitrogen and oxygen atoms in total. The number of rotatable bonds is 5. The molecule has 21 heavy (non-hydrogen) atoms. The van der Waals surface area contributed by atoms with Crippen LogP contribution in [0, 0.1) is 17.7 Å². The molecule has 0 radical (unpaired) electrons. The van der Waals surface area contributed by atoms with Crippen molar-refractivity contribution in [1.82, 2.24) is 9.71 Å². The van der Waals surface area contributed by atoms with Gasteiger partial charge >= 0.3 is 5.97 Å². The minimum atomic E-state index is -4.07. The summed E-state index contributed by atoms with van der Waals surface area (Å²) in [5.41, 5.74) is 0. The summed E-state index contributed by atoms with van der Waals surface area (Å²) in [5.74, 6) is -2.68. The summed E-state index contributed by atoms with van der Waals surface area (Å²) in [5, 5.41) is 8.49. The molecule has 2 unspecified atom stereocenters. The minimum Gasteiger partial charge on any atom is -0.481 e. The fourth-order valence-electron chi connectivity index (χ4n) is 2.63. The van der Waals surface area contributed by atoms with Gasteiger partial charge in [-0.3, -0.25) is 4.79 Å². The van der Waals surface area contributed by atoms with E-state index in [4.69, 9.17) is 5.11 Å². The van der Waals surface area contributed by atoms with Crippen LogP contribution in [0.25, 0.3) is 0 Å². The number of carbonyl (C=O) groups is 1. The third-order valence-electron chi connectivity index (χ3n) is 3.74. The molecule has 1 aromatic rings. The van der Waals surface area contributed by atoms with Gasteiger partial charge in [0.1, 0.15) is 0 Å². The summed E-state index contributed by atoms with van der Waals surface area (Å²) in [6, 6.07) is 2.32. The number of aliphatic carboxylic acids is 1. The summed E-state index contributed by atoms with van der Waals surface area (Å²) in [6.07, 6.45) is 4.07. The minimum absolute atomic E-state index is 0.0185. The van der Waals surface area contributed by atoms with Gasteiger partial charge in [-0.05, 0) is 30.9 Å². The Hall–Kier alpha value is -1.54. The van der Waals surface area contributed by atoms with Gasteiger partial charge < -0.3 is 5.11 Å². The molecule has 1 aliphatic carbocycles. The van der Waals surface area contributed by atoms with Crippen molar-refractivity contribution in [2.45, 2.75) is 30.7 Å². The Bertz CT molecular complexity index is 620. The lowest BCUT2D eigenvalue weighted by atomic mass is 9.79. The van der Waals surface area contributed by atoms with Gasteiger partial charge in [-0.15, -0.1) is 0 Å². The summed E-state index contributed by atoms with van der Waals surface area (Å²) in [4.78, 5) is 14.7. The molecule has 1 aromatic heterocycles. The number of pyridine rings is 1. The first-order valence-corrected chi connectivity index (χ1v) is 8.23. The van der Waals surface area contributed by atoms with E-state index in [1.807, 2.05) is 0 Å². The Morgan fingerprint density at radius 3 is 2.81 bits per heavy atom. The predicted octanol–water partition coefficient (Wildman–Crippen LogP) is 1.39. The maximum atomic E-state index is 13.5. The van der Waals surface area contributed by atoms with Crippen molar-refractivity contribution in [3.05, 3.63) is 24.1 Å². The normalized spacial score (nSPS) is 22.9. The number of carboxylic acid groups (broad SMARTS) is 1. The average molecular weight is 316 g/mol. The molecule has 2 N–H and O–H groups in total. The summed E-state index contributed by atoms with van der Waals surface area (Å²) in [6.45, 7) is -0.0185. The van der Waals surface area contributed by atoms with Crippen molar-refractivity contribution in [2.24, 2.45) is 11.8 Å². The van der Waals surface area contributed by atoms with Crippen LogP contribution in [0.4, 0.5) is 4.39 Å². The van der Waals surface area contributed by atoms with Gasteiger partial charge in [0, 0.05) is 12.7 Å². The third kappa shape index (κ3) is 3.76. The monoisotopic (exact) mass is 316 g/mol. The number of carboxylic acids is 1. The lowest BCUT2D eigenvalue weighted by molar-refractivity contribution is -0.144. The molecule has 0 aliphatic heterocycles. The van der Waals surface area contributed by atoms with E-state index in [0.29, 0.717) is 12.8 Å². The predicted molar refractivity (Wildman–Crippen MR) is 72.5 cm³/mol. The number of nitrogens with zero attached hydrogens (tertiary/aromatic N) is 1. The fourth-order valence-corrected chi connectivity index (χ4v) is 3.73. The largest absolute Gasteiger partial charge is 0.481 e. The molecular weight excluding hydrogens is 299 g/mol. The topological polar surface area (TPSA) is 96.4 Å². The molecule has 8 heteroatoms. The molecule has 1 saturated carbocycles. The van der Waals surface area contributed by atoms with E-state index in [0.717, 1.165) is 18.9 Å². The van der Waals surface area contributed by atoms with Crippen LogP contribution in [0.3, 0.4) is 0 Å². The molecule has 116 valence electrons. The van der Waals surface area contributed by atoms with E-state index in [1.54, 1.807) is 0 Å². The van der Waals surface area contributed by atoms with Crippen molar-refractivity contribution in [3.63, 3.8) is 0 Å². The van der Waals surface area contributed by atoms with Crippen LogP contribution in [0.15, 0.2) is 23.4 Å². The molecule has 0 aromatic carbocycles. The quantitative estimate of drug-likeness (QED) is 0.855. The Labute approximate surface area is 122 Å². The highest BCUT2D eigenvalue weighted by atomic mass is 32.2. The molecule has 1 heterocycles. The highest BCUT2D eigenvalue weighted by molar-refractivity contribution is 7.89. The Balaban J connectivity index is 2.08. The van der Waals surface area contributed by atoms with Crippen molar-refractivity contribution in [2.75, 3.05) is 6.54 Å². The number of hydrogen-bond acceptors (Lipinski definition) is 4. The van der Waals surface area contributed by atoms with Crippen LogP contribution in [0.5, 0.6) is 0 Å². The number of hydrogen-bond donors (Lipinski definition) is 2. The zero-order chi connectivity index (χ0) is 15.5. The second-order valence-corrected chi connectivity index (χ2v) is 6.81. The van der Waals surface area contributed by atoms with E-state index >= 15 is 0 Å². The van der Waals surface area contributed by atoms with Crippen LogP contribution in [0.1, 0.15) is 25.7 Å². The van der Waals surface area contributed by atoms with Gasteiger partial charge in [0.15, 0.2) is 5.82 Å². The molecule has 1 fully saturated rings. The zero-order valence-electron chi connectivity index (χ0n) is 11.3. The van der Waals surface area contributed by atoms with Gasteiger partial charge in [-0.1, -0.05) is 12.8 Å². The smallest absolute Gasteiger partial charge is 0.306 e. The molecular formula is C13H17FN2O4S. The molecule has 2 atom stereocenters. The maximum absolute atomic E-state index is 13.5. The zero-order valence-corrected chi connectivity index (χ0v) is 12.1. The van der Waals surface area contributed by atoms with Crippen LogP contribution in [-0.4, -0.2) is 31.0 Å².